The second kappa shape index (κ2) is 7.93. The van der Waals surface area contributed by atoms with E-state index in [4.69, 9.17) is 0 Å². The second-order valence-corrected chi connectivity index (χ2v) is 6.69. The molecule has 0 unspecified atom stereocenters. The molecule has 132 valence electrons. The van der Waals surface area contributed by atoms with Crippen LogP contribution in [0.5, 0.6) is 0 Å². The molecule has 27 heavy (non-hydrogen) atoms. The van der Waals surface area contributed by atoms with E-state index in [0.29, 0.717) is 12.2 Å². The van der Waals surface area contributed by atoms with E-state index in [0.717, 1.165) is 22.4 Å². The maximum absolute atomic E-state index is 13.1. The average molecular weight is 371 g/mol. The standard InChI is InChI=1S/C22H17N3OS/c26-22(21-16-27-24-23-21)25(15-17-8-3-1-4-9-17)20-13-7-12-19(14-20)18-10-5-2-6-11-18/h1-14,16H,15H2. The van der Waals surface area contributed by atoms with Gasteiger partial charge in [-0.1, -0.05) is 77.3 Å². The smallest absolute Gasteiger partial charge is 0.280 e. The summed E-state index contributed by atoms with van der Waals surface area (Å²) >= 11 is 1.18. The molecule has 0 aliphatic heterocycles. The van der Waals surface area contributed by atoms with Gasteiger partial charge in [-0.15, -0.1) is 5.10 Å². The fourth-order valence-corrected chi connectivity index (χ4v) is 3.36. The van der Waals surface area contributed by atoms with Gasteiger partial charge < -0.3 is 4.90 Å². The van der Waals surface area contributed by atoms with Crippen LogP contribution in [0.4, 0.5) is 5.69 Å². The highest BCUT2D eigenvalue weighted by molar-refractivity contribution is 7.03. The normalized spacial score (nSPS) is 10.5. The first kappa shape index (κ1) is 17.1. The number of hydrogen-bond acceptors (Lipinski definition) is 4. The van der Waals surface area contributed by atoms with Crippen molar-refractivity contribution in [3.8, 4) is 11.1 Å². The maximum Gasteiger partial charge on any atom is 0.280 e. The van der Waals surface area contributed by atoms with Crippen molar-refractivity contribution in [2.75, 3.05) is 4.90 Å². The highest BCUT2D eigenvalue weighted by atomic mass is 32.1. The van der Waals surface area contributed by atoms with E-state index in [1.165, 1.54) is 11.5 Å². The molecule has 0 spiro atoms. The molecule has 1 amide bonds. The quantitative estimate of drug-likeness (QED) is 0.493. The summed E-state index contributed by atoms with van der Waals surface area (Å²) in [5, 5.41) is 5.64. The summed E-state index contributed by atoms with van der Waals surface area (Å²) < 4.78 is 3.84. The van der Waals surface area contributed by atoms with Gasteiger partial charge in [0.05, 0.1) is 6.54 Å². The molecular formula is C22H17N3OS. The van der Waals surface area contributed by atoms with Crippen LogP contribution >= 0.6 is 11.5 Å². The summed E-state index contributed by atoms with van der Waals surface area (Å²) in [7, 11) is 0. The first-order valence-electron chi connectivity index (χ1n) is 8.59. The number of aromatic nitrogens is 2. The van der Waals surface area contributed by atoms with E-state index in [9.17, 15) is 4.79 Å². The average Bonchev–Trinajstić information content (AvgIpc) is 3.28. The van der Waals surface area contributed by atoms with Gasteiger partial charge in [0.2, 0.25) is 0 Å². The summed E-state index contributed by atoms with van der Waals surface area (Å²) in [5.41, 5.74) is 4.43. The Labute approximate surface area is 161 Å². The highest BCUT2D eigenvalue weighted by Gasteiger charge is 2.21. The van der Waals surface area contributed by atoms with Crippen LogP contribution in [-0.2, 0) is 6.54 Å². The maximum atomic E-state index is 13.1. The van der Waals surface area contributed by atoms with Gasteiger partial charge in [-0.3, -0.25) is 4.79 Å². The molecular weight excluding hydrogens is 354 g/mol. The largest absolute Gasteiger partial charge is 0.303 e. The first-order valence-corrected chi connectivity index (χ1v) is 9.43. The lowest BCUT2D eigenvalue weighted by molar-refractivity contribution is 0.0980. The molecule has 0 saturated carbocycles. The number of benzene rings is 3. The third kappa shape index (κ3) is 3.93. The van der Waals surface area contributed by atoms with Crippen molar-refractivity contribution in [1.82, 2.24) is 9.59 Å². The zero-order valence-corrected chi connectivity index (χ0v) is 15.3. The molecule has 0 N–H and O–H groups in total. The molecule has 0 aliphatic carbocycles. The lowest BCUT2D eigenvalue weighted by Crippen LogP contribution is -2.30. The molecule has 4 aromatic rings. The summed E-state index contributed by atoms with van der Waals surface area (Å²) in [5.74, 6) is -0.155. The van der Waals surface area contributed by atoms with Gasteiger partial charge in [-0.25, -0.2) is 0 Å². The van der Waals surface area contributed by atoms with Crippen molar-refractivity contribution in [3.05, 3.63) is 102 Å². The first-order chi connectivity index (χ1) is 13.3. The Morgan fingerprint density at radius 2 is 1.56 bits per heavy atom. The Hall–Kier alpha value is -3.31. The van der Waals surface area contributed by atoms with Crippen molar-refractivity contribution in [3.63, 3.8) is 0 Å². The van der Waals surface area contributed by atoms with E-state index < -0.39 is 0 Å². The number of nitrogens with zero attached hydrogens (tertiary/aromatic N) is 3. The van der Waals surface area contributed by atoms with E-state index in [-0.39, 0.29) is 5.91 Å². The molecule has 1 aromatic heterocycles. The molecule has 5 heteroatoms. The van der Waals surface area contributed by atoms with Gasteiger partial charge in [-0.05, 0) is 40.4 Å². The molecule has 4 nitrogen and oxygen atoms in total. The third-order valence-corrected chi connectivity index (χ3v) is 4.78. The summed E-state index contributed by atoms with van der Waals surface area (Å²) in [6.07, 6.45) is 0. The van der Waals surface area contributed by atoms with Crippen LogP contribution < -0.4 is 4.90 Å². The molecule has 3 aromatic carbocycles. The predicted octanol–water partition coefficient (Wildman–Crippen LogP) is 5.05. The van der Waals surface area contributed by atoms with E-state index in [2.05, 4.69) is 27.8 Å². The van der Waals surface area contributed by atoms with Gasteiger partial charge in [0, 0.05) is 11.1 Å². The molecule has 0 bridgehead atoms. The molecule has 4 rings (SSSR count). The fraction of sp³-hybridized carbons (Fsp3) is 0.0455. The van der Waals surface area contributed by atoms with Crippen LogP contribution in [-0.4, -0.2) is 15.5 Å². The summed E-state index contributed by atoms with van der Waals surface area (Å²) in [6, 6.07) is 28.1. The predicted molar refractivity (Wildman–Crippen MR) is 109 cm³/mol. The van der Waals surface area contributed by atoms with E-state index in [1.54, 1.807) is 10.3 Å². The minimum atomic E-state index is -0.155. The van der Waals surface area contributed by atoms with Gasteiger partial charge in [-0.2, -0.15) is 0 Å². The van der Waals surface area contributed by atoms with Crippen LogP contribution in [0.15, 0.2) is 90.3 Å². The minimum Gasteiger partial charge on any atom is -0.303 e. The molecule has 0 radical (unpaired) electrons. The number of anilines is 1. The Morgan fingerprint density at radius 1 is 0.852 bits per heavy atom. The number of carbonyl (C=O) groups excluding carboxylic acids is 1. The molecule has 1 heterocycles. The summed E-state index contributed by atoms with van der Waals surface area (Å²) in [6.45, 7) is 0.468. The van der Waals surface area contributed by atoms with Crippen LogP contribution in [0.1, 0.15) is 16.1 Å². The van der Waals surface area contributed by atoms with Gasteiger partial charge in [0.1, 0.15) is 0 Å². The van der Waals surface area contributed by atoms with Crippen LogP contribution in [0.2, 0.25) is 0 Å². The number of carbonyl (C=O) groups is 1. The lowest BCUT2D eigenvalue weighted by atomic mass is 10.0. The Kier molecular flexibility index (Phi) is 5.03. The molecule has 0 atom stereocenters. The van der Waals surface area contributed by atoms with Gasteiger partial charge in [0.15, 0.2) is 5.69 Å². The Morgan fingerprint density at radius 3 is 2.26 bits per heavy atom. The van der Waals surface area contributed by atoms with Crippen LogP contribution in [0.25, 0.3) is 11.1 Å². The summed E-state index contributed by atoms with van der Waals surface area (Å²) in [4.78, 5) is 14.8. The van der Waals surface area contributed by atoms with Crippen LogP contribution in [0.3, 0.4) is 0 Å². The van der Waals surface area contributed by atoms with E-state index in [1.807, 2.05) is 66.7 Å². The fourth-order valence-electron chi connectivity index (χ4n) is 2.93. The third-order valence-electron chi connectivity index (χ3n) is 4.27. The topological polar surface area (TPSA) is 46.1 Å². The van der Waals surface area contributed by atoms with Crippen molar-refractivity contribution >= 4 is 23.1 Å². The highest BCUT2D eigenvalue weighted by Crippen LogP contribution is 2.27. The van der Waals surface area contributed by atoms with Crippen molar-refractivity contribution < 1.29 is 4.79 Å². The van der Waals surface area contributed by atoms with Crippen molar-refractivity contribution in [2.24, 2.45) is 0 Å². The van der Waals surface area contributed by atoms with Crippen molar-refractivity contribution in [1.29, 1.82) is 0 Å². The Bertz CT molecular complexity index is 1020. The van der Waals surface area contributed by atoms with Gasteiger partial charge in [0.25, 0.3) is 5.91 Å². The minimum absolute atomic E-state index is 0.155. The lowest BCUT2D eigenvalue weighted by Gasteiger charge is -2.23. The second-order valence-electron chi connectivity index (χ2n) is 6.08. The monoisotopic (exact) mass is 371 g/mol. The van der Waals surface area contributed by atoms with E-state index >= 15 is 0 Å². The van der Waals surface area contributed by atoms with Crippen LogP contribution in [0, 0.1) is 0 Å². The SMILES string of the molecule is O=C(c1csnn1)N(Cc1ccccc1)c1cccc(-c2ccccc2)c1. The van der Waals surface area contributed by atoms with Crippen molar-refractivity contribution in [2.45, 2.75) is 6.54 Å². The van der Waals surface area contributed by atoms with Gasteiger partial charge >= 0.3 is 0 Å². The molecule has 0 saturated heterocycles. The number of amides is 1. The Balaban J connectivity index is 1.73. The zero-order chi connectivity index (χ0) is 18.5. The number of rotatable bonds is 5. The molecule has 0 aliphatic rings. The number of hydrogen-bond donors (Lipinski definition) is 0. The zero-order valence-electron chi connectivity index (χ0n) is 14.5. The molecule has 0 fully saturated rings.